The maximum absolute atomic E-state index is 7.39. The zero-order chi connectivity index (χ0) is 45.4. The second-order valence-corrected chi connectivity index (χ2v) is 21.8. The number of hydrogen-bond donors (Lipinski definition) is 0. The van der Waals surface area contributed by atoms with Gasteiger partial charge in [0.2, 0.25) is 0 Å². The van der Waals surface area contributed by atoms with Crippen molar-refractivity contribution in [3.63, 3.8) is 0 Å². The molecule has 8 aromatic carbocycles. The lowest BCUT2D eigenvalue weighted by Gasteiger charge is -2.44. The Morgan fingerprint density at radius 1 is 0.500 bits per heavy atom. The number of hydrogen-bond acceptors (Lipinski definition) is 4. The van der Waals surface area contributed by atoms with Crippen molar-refractivity contribution in [2.45, 2.75) is 73.1 Å². The van der Waals surface area contributed by atoms with Crippen LogP contribution in [-0.2, 0) is 10.8 Å². The summed E-state index contributed by atoms with van der Waals surface area (Å²) in [7, 11) is 0. The number of furan rings is 1. The molecule has 0 radical (unpaired) electrons. The highest BCUT2D eigenvalue weighted by molar-refractivity contribution is 7.25. The zero-order valence-corrected chi connectivity index (χ0v) is 40.1. The molecule has 0 fully saturated rings. The van der Waals surface area contributed by atoms with E-state index in [9.17, 15) is 0 Å². The van der Waals surface area contributed by atoms with Gasteiger partial charge in [0.25, 0.3) is 0 Å². The molecule has 5 heteroatoms. The first-order valence-electron chi connectivity index (χ1n) is 23.4. The van der Waals surface area contributed by atoms with Crippen molar-refractivity contribution >= 4 is 88.9 Å². The monoisotopic (exact) mass is 872 g/mol. The molecule has 4 heterocycles. The summed E-state index contributed by atoms with van der Waals surface area (Å²) in [6.07, 6.45) is 0. The summed E-state index contributed by atoms with van der Waals surface area (Å²) in [6.45, 7) is 20.3. The minimum Gasteiger partial charge on any atom is -0.466 e. The van der Waals surface area contributed by atoms with Gasteiger partial charge in [0.1, 0.15) is 11.2 Å². The van der Waals surface area contributed by atoms with Crippen molar-refractivity contribution in [3.05, 3.63) is 186 Å². The molecule has 0 saturated carbocycles. The van der Waals surface area contributed by atoms with E-state index in [0.717, 1.165) is 33.7 Å². The molecule has 66 heavy (non-hydrogen) atoms. The Morgan fingerprint density at radius 2 is 1.17 bits per heavy atom. The molecule has 0 saturated heterocycles. The topological polar surface area (TPSA) is 19.6 Å². The van der Waals surface area contributed by atoms with Crippen LogP contribution in [0.1, 0.15) is 69.4 Å². The normalized spacial score (nSPS) is 13.4. The van der Waals surface area contributed by atoms with Crippen LogP contribution in [0.3, 0.4) is 0 Å². The SMILES string of the molecule is Cc1cc(C)c(-c2cc3c4c(c2)N(c2ccc(C(C)(C)C)cc2-c2ccccc2)c2c(oc5ccccc25)B4N(c2ccc(C(C)(C)C)cc2)c2cc4c(cc2-3)sc2ccccc24)c(C)c1. The molecule has 0 atom stereocenters. The van der Waals surface area contributed by atoms with Gasteiger partial charge in [0.15, 0.2) is 0 Å². The van der Waals surface area contributed by atoms with Crippen LogP contribution in [0.15, 0.2) is 162 Å². The molecule has 2 aliphatic heterocycles. The van der Waals surface area contributed by atoms with Crippen molar-refractivity contribution in [1.29, 1.82) is 0 Å². The van der Waals surface area contributed by atoms with Gasteiger partial charge in [-0.3, -0.25) is 0 Å². The van der Waals surface area contributed by atoms with E-state index in [1.807, 2.05) is 11.3 Å². The van der Waals surface area contributed by atoms with E-state index in [0.29, 0.717) is 0 Å². The second kappa shape index (κ2) is 14.6. The van der Waals surface area contributed by atoms with Crippen LogP contribution in [0.25, 0.3) is 64.5 Å². The number of para-hydroxylation sites is 1. The quantitative estimate of drug-likeness (QED) is 0.164. The Morgan fingerprint density at radius 3 is 1.89 bits per heavy atom. The van der Waals surface area contributed by atoms with E-state index in [1.54, 1.807) is 0 Å². The third-order valence-corrected chi connectivity index (χ3v) is 15.3. The lowest BCUT2D eigenvalue weighted by molar-refractivity contribution is 0.590. The Hall–Kier alpha value is -6.82. The molecular formula is C61H53BN2OS. The number of nitrogens with zero attached hydrogens (tertiary/aromatic N) is 2. The lowest BCUT2D eigenvalue weighted by Crippen LogP contribution is -2.61. The molecule has 0 amide bonds. The summed E-state index contributed by atoms with van der Waals surface area (Å²) < 4.78 is 9.98. The van der Waals surface area contributed by atoms with Crippen LogP contribution in [0.4, 0.5) is 28.4 Å². The highest BCUT2D eigenvalue weighted by Gasteiger charge is 2.49. The first kappa shape index (κ1) is 40.7. The molecule has 12 rings (SSSR count). The van der Waals surface area contributed by atoms with Crippen LogP contribution < -0.4 is 20.8 Å². The lowest BCUT2D eigenvalue weighted by atomic mass is 9.45. The first-order valence-corrected chi connectivity index (χ1v) is 24.2. The van der Waals surface area contributed by atoms with E-state index in [-0.39, 0.29) is 17.7 Å². The summed E-state index contributed by atoms with van der Waals surface area (Å²) in [5, 5.41) is 3.67. The van der Waals surface area contributed by atoms with Gasteiger partial charge in [0, 0.05) is 53.7 Å². The molecule has 322 valence electrons. The maximum atomic E-state index is 7.39. The van der Waals surface area contributed by atoms with Crippen molar-refractivity contribution in [1.82, 2.24) is 0 Å². The molecule has 10 aromatic rings. The molecule has 0 spiro atoms. The number of aryl methyl sites for hydroxylation is 3. The zero-order valence-electron chi connectivity index (χ0n) is 39.3. The van der Waals surface area contributed by atoms with Gasteiger partial charge in [-0.1, -0.05) is 138 Å². The molecular weight excluding hydrogens is 820 g/mol. The van der Waals surface area contributed by atoms with Gasteiger partial charge in [-0.25, -0.2) is 0 Å². The number of fused-ring (bicyclic) bond motifs is 9. The van der Waals surface area contributed by atoms with Crippen LogP contribution in [-0.4, -0.2) is 6.85 Å². The summed E-state index contributed by atoms with van der Waals surface area (Å²) in [4.78, 5) is 5.17. The van der Waals surface area contributed by atoms with Crippen LogP contribution in [0.5, 0.6) is 0 Å². The average molecular weight is 873 g/mol. The van der Waals surface area contributed by atoms with Gasteiger partial charge in [-0.15, -0.1) is 11.3 Å². The van der Waals surface area contributed by atoms with E-state index in [4.69, 9.17) is 4.42 Å². The van der Waals surface area contributed by atoms with E-state index in [2.05, 4.69) is 230 Å². The fourth-order valence-corrected chi connectivity index (χ4v) is 12.2. The number of thiophene rings is 1. The molecule has 0 N–H and O–H groups in total. The van der Waals surface area contributed by atoms with E-state index in [1.165, 1.54) is 98.2 Å². The number of benzene rings is 8. The smallest absolute Gasteiger partial charge is 0.375 e. The molecule has 2 aromatic heterocycles. The number of rotatable bonds is 4. The van der Waals surface area contributed by atoms with Crippen LogP contribution >= 0.6 is 11.3 Å². The third kappa shape index (κ3) is 6.23. The van der Waals surface area contributed by atoms with Crippen molar-refractivity contribution in [3.8, 4) is 33.4 Å². The molecule has 0 bridgehead atoms. The van der Waals surface area contributed by atoms with Crippen LogP contribution in [0.2, 0.25) is 0 Å². The highest BCUT2D eigenvalue weighted by Crippen LogP contribution is 2.53. The third-order valence-electron chi connectivity index (χ3n) is 14.2. The first-order chi connectivity index (χ1) is 31.7. The maximum Gasteiger partial charge on any atom is 0.375 e. The minimum absolute atomic E-state index is 0.0126. The standard InChI is InChI=1S/C61H53BN2OS/c1-36-29-37(2)56(38(3)30-36)40-31-49-47-35-55-48(44-19-14-16-22-54(44)66-55)34-51(47)64(43-26-23-41(24-27-43)60(4,5)6)62-57(49)52(32-40)63(58-45-20-13-15-21-53(45)65-59(58)62)50-28-25-42(61(7,8)9)33-46(50)39-17-11-10-12-18-39/h10-35H,1-9H3. The van der Waals surface area contributed by atoms with E-state index >= 15 is 0 Å². The average Bonchev–Trinajstić information content (AvgIpc) is 3.86. The van der Waals surface area contributed by atoms with Crippen LogP contribution in [0, 0.1) is 20.8 Å². The summed E-state index contributed by atoms with van der Waals surface area (Å²) in [6, 6.07) is 59.6. The minimum atomic E-state index is -0.271. The van der Waals surface area contributed by atoms with Crippen molar-refractivity contribution in [2.24, 2.45) is 0 Å². The predicted molar refractivity (Wildman–Crippen MR) is 285 cm³/mol. The van der Waals surface area contributed by atoms with Gasteiger partial charge < -0.3 is 14.1 Å². The fraction of sp³-hybridized carbons (Fsp3) is 0.180. The van der Waals surface area contributed by atoms with Crippen molar-refractivity contribution in [2.75, 3.05) is 9.71 Å². The Kier molecular flexibility index (Phi) is 8.99. The predicted octanol–water partition coefficient (Wildman–Crippen LogP) is 16.4. The van der Waals surface area contributed by atoms with Gasteiger partial charge in [-0.2, -0.15) is 0 Å². The van der Waals surface area contributed by atoms with Crippen molar-refractivity contribution < 1.29 is 4.42 Å². The van der Waals surface area contributed by atoms with Gasteiger partial charge >= 0.3 is 6.85 Å². The summed E-state index contributed by atoms with van der Waals surface area (Å²) >= 11 is 1.89. The fourth-order valence-electron chi connectivity index (χ4n) is 11.1. The van der Waals surface area contributed by atoms with Gasteiger partial charge in [0.05, 0.1) is 11.4 Å². The van der Waals surface area contributed by atoms with Gasteiger partial charge in [-0.05, 0) is 148 Å². The second-order valence-electron chi connectivity index (χ2n) is 20.8. The highest BCUT2D eigenvalue weighted by atomic mass is 32.1. The number of anilines is 5. The Labute approximate surface area is 393 Å². The Bertz CT molecular complexity index is 3580. The van der Waals surface area contributed by atoms with E-state index < -0.39 is 0 Å². The Balaban J connectivity index is 1.26. The molecule has 0 aliphatic carbocycles. The molecule has 3 nitrogen and oxygen atoms in total. The summed E-state index contributed by atoms with van der Waals surface area (Å²) in [5.74, 6) is 0. The summed E-state index contributed by atoms with van der Waals surface area (Å²) in [5.41, 5.74) is 22.6. The molecule has 2 aliphatic rings. The molecule has 0 unspecified atom stereocenters. The largest absolute Gasteiger partial charge is 0.466 e.